The highest BCUT2D eigenvalue weighted by molar-refractivity contribution is 5.79. The number of methoxy groups -OCH3 is 1. The third-order valence-corrected chi connectivity index (χ3v) is 4.10. The lowest BCUT2D eigenvalue weighted by Gasteiger charge is -2.21. The molecule has 0 aliphatic carbocycles. The molecule has 1 saturated heterocycles. The molecular formula is C18H31N5O. The number of ether oxygens (including phenoxy) is 1. The maximum atomic E-state index is 5.07. The lowest BCUT2D eigenvalue weighted by Crippen LogP contribution is -2.38. The Morgan fingerprint density at radius 1 is 1.25 bits per heavy atom. The van der Waals surface area contributed by atoms with Crippen molar-refractivity contribution in [2.75, 3.05) is 44.8 Å². The van der Waals surface area contributed by atoms with Gasteiger partial charge in [0.1, 0.15) is 5.82 Å². The van der Waals surface area contributed by atoms with Gasteiger partial charge in [0.15, 0.2) is 5.96 Å². The molecule has 0 unspecified atom stereocenters. The van der Waals surface area contributed by atoms with Crippen LogP contribution in [0.2, 0.25) is 0 Å². The van der Waals surface area contributed by atoms with Crippen LogP contribution in [-0.2, 0) is 11.3 Å². The van der Waals surface area contributed by atoms with Crippen molar-refractivity contribution in [3.05, 3.63) is 23.9 Å². The molecule has 0 radical (unpaired) electrons. The zero-order chi connectivity index (χ0) is 17.0. The maximum absolute atomic E-state index is 5.07. The van der Waals surface area contributed by atoms with Crippen molar-refractivity contribution in [1.82, 2.24) is 15.6 Å². The van der Waals surface area contributed by atoms with Gasteiger partial charge < -0.3 is 20.3 Å². The Morgan fingerprint density at radius 3 is 2.75 bits per heavy atom. The largest absolute Gasteiger partial charge is 0.383 e. The standard InChI is InChI=1S/C18H31N5O/c1-3-19-18(21-10-13-24-2)22-15-16-8-9-20-17(14-16)23-11-6-4-5-7-12-23/h8-9,14H,3-7,10-13,15H2,1-2H3,(H2,19,21,22). The highest BCUT2D eigenvalue weighted by atomic mass is 16.5. The highest BCUT2D eigenvalue weighted by Gasteiger charge is 2.11. The molecule has 0 amide bonds. The molecule has 0 spiro atoms. The monoisotopic (exact) mass is 333 g/mol. The Labute approximate surface area is 145 Å². The molecule has 6 heteroatoms. The molecule has 24 heavy (non-hydrogen) atoms. The average molecular weight is 333 g/mol. The Balaban J connectivity index is 1.97. The van der Waals surface area contributed by atoms with E-state index >= 15 is 0 Å². The van der Waals surface area contributed by atoms with Crippen LogP contribution in [0.15, 0.2) is 23.3 Å². The van der Waals surface area contributed by atoms with E-state index in [1.54, 1.807) is 7.11 Å². The number of hydrogen-bond acceptors (Lipinski definition) is 4. The second-order valence-corrected chi connectivity index (χ2v) is 6.04. The summed E-state index contributed by atoms with van der Waals surface area (Å²) in [5, 5.41) is 6.52. The number of nitrogens with one attached hydrogen (secondary N) is 2. The third-order valence-electron chi connectivity index (χ3n) is 4.10. The minimum Gasteiger partial charge on any atom is -0.383 e. The van der Waals surface area contributed by atoms with Gasteiger partial charge in [-0.15, -0.1) is 0 Å². The first kappa shape index (κ1) is 18.5. The molecule has 0 saturated carbocycles. The number of anilines is 1. The van der Waals surface area contributed by atoms with Crippen molar-refractivity contribution < 1.29 is 4.74 Å². The summed E-state index contributed by atoms with van der Waals surface area (Å²) in [6.45, 7) is 7.19. The number of hydrogen-bond donors (Lipinski definition) is 2. The molecule has 1 aliphatic heterocycles. The van der Waals surface area contributed by atoms with E-state index in [0.717, 1.165) is 38.0 Å². The van der Waals surface area contributed by atoms with Gasteiger partial charge in [0.2, 0.25) is 0 Å². The van der Waals surface area contributed by atoms with E-state index in [0.29, 0.717) is 13.2 Å². The Kier molecular flexibility index (Phi) is 8.38. The van der Waals surface area contributed by atoms with Crippen LogP contribution in [0.4, 0.5) is 5.82 Å². The molecule has 1 aromatic heterocycles. The van der Waals surface area contributed by atoms with E-state index in [1.807, 2.05) is 12.3 Å². The Bertz CT molecular complexity index is 498. The number of nitrogens with zero attached hydrogens (tertiary/aromatic N) is 3. The topological polar surface area (TPSA) is 61.8 Å². The molecule has 134 valence electrons. The second kappa shape index (κ2) is 10.9. The predicted octanol–water partition coefficient (Wildman–Crippen LogP) is 2.16. The van der Waals surface area contributed by atoms with Gasteiger partial charge in [0, 0.05) is 39.5 Å². The number of guanidine groups is 1. The zero-order valence-corrected chi connectivity index (χ0v) is 15.1. The van der Waals surface area contributed by atoms with Crippen molar-refractivity contribution in [3.8, 4) is 0 Å². The van der Waals surface area contributed by atoms with Gasteiger partial charge in [-0.25, -0.2) is 9.98 Å². The third kappa shape index (κ3) is 6.35. The van der Waals surface area contributed by atoms with Crippen LogP contribution >= 0.6 is 0 Å². The minimum absolute atomic E-state index is 0.645. The second-order valence-electron chi connectivity index (χ2n) is 6.04. The van der Waals surface area contributed by atoms with Crippen molar-refractivity contribution in [2.24, 2.45) is 4.99 Å². The van der Waals surface area contributed by atoms with Crippen molar-refractivity contribution in [1.29, 1.82) is 0 Å². The molecular weight excluding hydrogens is 302 g/mol. The number of aromatic nitrogens is 1. The first-order valence-corrected chi connectivity index (χ1v) is 9.04. The van der Waals surface area contributed by atoms with Crippen LogP contribution < -0.4 is 15.5 Å². The fourth-order valence-corrected chi connectivity index (χ4v) is 2.82. The van der Waals surface area contributed by atoms with Crippen LogP contribution in [0, 0.1) is 0 Å². The van der Waals surface area contributed by atoms with E-state index in [-0.39, 0.29) is 0 Å². The van der Waals surface area contributed by atoms with E-state index in [9.17, 15) is 0 Å². The number of pyridine rings is 1. The summed E-state index contributed by atoms with van der Waals surface area (Å²) in [6.07, 6.45) is 7.09. The lowest BCUT2D eigenvalue weighted by atomic mass is 10.2. The molecule has 0 bridgehead atoms. The van der Waals surface area contributed by atoms with Gasteiger partial charge in [-0.05, 0) is 37.5 Å². The van der Waals surface area contributed by atoms with E-state index in [1.165, 1.54) is 31.2 Å². The van der Waals surface area contributed by atoms with Gasteiger partial charge in [0.25, 0.3) is 0 Å². The molecule has 1 aromatic rings. The zero-order valence-electron chi connectivity index (χ0n) is 15.1. The molecule has 2 rings (SSSR count). The van der Waals surface area contributed by atoms with Crippen molar-refractivity contribution in [2.45, 2.75) is 39.2 Å². The average Bonchev–Trinajstić information content (AvgIpc) is 2.89. The van der Waals surface area contributed by atoms with Crippen LogP contribution in [0.1, 0.15) is 38.2 Å². The van der Waals surface area contributed by atoms with E-state index in [2.05, 4.69) is 38.5 Å². The number of aliphatic imine (C=N–C) groups is 1. The van der Waals surface area contributed by atoms with E-state index in [4.69, 9.17) is 4.74 Å². The van der Waals surface area contributed by atoms with Gasteiger partial charge in [-0.2, -0.15) is 0 Å². The Hall–Kier alpha value is -1.82. The molecule has 2 N–H and O–H groups in total. The van der Waals surface area contributed by atoms with Gasteiger partial charge >= 0.3 is 0 Å². The van der Waals surface area contributed by atoms with Gasteiger partial charge in [-0.1, -0.05) is 12.8 Å². The normalized spacial score (nSPS) is 15.9. The smallest absolute Gasteiger partial charge is 0.191 e. The lowest BCUT2D eigenvalue weighted by molar-refractivity contribution is 0.203. The summed E-state index contributed by atoms with van der Waals surface area (Å²) in [5.74, 6) is 1.91. The van der Waals surface area contributed by atoms with Crippen molar-refractivity contribution >= 4 is 11.8 Å². The maximum Gasteiger partial charge on any atom is 0.191 e. The Morgan fingerprint density at radius 2 is 2.04 bits per heavy atom. The highest BCUT2D eigenvalue weighted by Crippen LogP contribution is 2.18. The molecule has 0 atom stereocenters. The quantitative estimate of drug-likeness (QED) is 0.455. The molecule has 1 aliphatic rings. The van der Waals surface area contributed by atoms with Crippen LogP contribution in [0.3, 0.4) is 0 Å². The number of rotatable bonds is 7. The van der Waals surface area contributed by atoms with Crippen LogP contribution in [0.25, 0.3) is 0 Å². The molecule has 1 fully saturated rings. The summed E-state index contributed by atoms with van der Waals surface area (Å²) in [5.41, 5.74) is 1.19. The molecule has 0 aromatic carbocycles. The fourth-order valence-electron chi connectivity index (χ4n) is 2.82. The van der Waals surface area contributed by atoms with Crippen molar-refractivity contribution in [3.63, 3.8) is 0 Å². The minimum atomic E-state index is 0.645. The first-order valence-electron chi connectivity index (χ1n) is 9.04. The summed E-state index contributed by atoms with van der Waals surface area (Å²) in [7, 11) is 1.70. The first-order chi connectivity index (χ1) is 11.8. The summed E-state index contributed by atoms with van der Waals surface area (Å²) < 4.78 is 5.07. The molecule has 2 heterocycles. The van der Waals surface area contributed by atoms with Crippen LogP contribution in [0.5, 0.6) is 0 Å². The predicted molar refractivity (Wildman–Crippen MR) is 99.6 cm³/mol. The summed E-state index contributed by atoms with van der Waals surface area (Å²) in [4.78, 5) is 11.6. The fraction of sp³-hybridized carbons (Fsp3) is 0.667. The van der Waals surface area contributed by atoms with Gasteiger partial charge in [-0.3, -0.25) is 0 Å². The van der Waals surface area contributed by atoms with Crippen LogP contribution in [-0.4, -0.2) is 50.8 Å². The van der Waals surface area contributed by atoms with E-state index < -0.39 is 0 Å². The summed E-state index contributed by atoms with van der Waals surface area (Å²) in [6, 6.07) is 4.22. The van der Waals surface area contributed by atoms with Gasteiger partial charge in [0.05, 0.1) is 13.2 Å². The SMILES string of the molecule is CCNC(=NCc1ccnc(N2CCCCCC2)c1)NCCOC. The molecule has 6 nitrogen and oxygen atoms in total. The summed E-state index contributed by atoms with van der Waals surface area (Å²) >= 11 is 0.